The molecular weight excluding hydrogens is 297 g/mol. The Kier molecular flexibility index (Phi) is 4.09. The summed E-state index contributed by atoms with van der Waals surface area (Å²) in [5.41, 5.74) is 2.35. The Morgan fingerprint density at radius 2 is 1.91 bits per heavy atom. The van der Waals surface area contributed by atoms with Crippen molar-refractivity contribution in [3.05, 3.63) is 59.9 Å². The SMILES string of the molecule is Cc1ccccc1NC(=O)Cn1nnc(-c2ccc(F)cc2)n1. The molecule has 0 spiro atoms. The van der Waals surface area contributed by atoms with E-state index in [1.807, 2.05) is 31.2 Å². The van der Waals surface area contributed by atoms with Gasteiger partial charge in [-0.15, -0.1) is 10.2 Å². The highest BCUT2D eigenvalue weighted by molar-refractivity contribution is 5.91. The maximum atomic E-state index is 12.9. The number of nitrogens with one attached hydrogen (secondary N) is 1. The van der Waals surface area contributed by atoms with Gasteiger partial charge in [0.25, 0.3) is 0 Å². The van der Waals surface area contributed by atoms with Crippen LogP contribution in [0.15, 0.2) is 48.5 Å². The molecule has 1 N–H and O–H groups in total. The van der Waals surface area contributed by atoms with Crippen molar-refractivity contribution < 1.29 is 9.18 Å². The van der Waals surface area contributed by atoms with Gasteiger partial charge in [-0.25, -0.2) is 4.39 Å². The average molecular weight is 311 g/mol. The number of aromatic nitrogens is 4. The molecule has 2 aromatic carbocycles. The lowest BCUT2D eigenvalue weighted by atomic mass is 10.2. The molecule has 116 valence electrons. The van der Waals surface area contributed by atoms with E-state index in [-0.39, 0.29) is 18.3 Å². The molecule has 0 unspecified atom stereocenters. The molecule has 0 saturated carbocycles. The highest BCUT2D eigenvalue weighted by Gasteiger charge is 2.10. The van der Waals surface area contributed by atoms with Crippen LogP contribution in [0.5, 0.6) is 0 Å². The molecular formula is C16H14FN5O. The molecule has 7 heteroatoms. The molecule has 0 bridgehead atoms. The Hall–Kier alpha value is -3.09. The summed E-state index contributed by atoms with van der Waals surface area (Å²) in [6.07, 6.45) is 0. The molecule has 23 heavy (non-hydrogen) atoms. The number of rotatable bonds is 4. The minimum Gasteiger partial charge on any atom is -0.324 e. The van der Waals surface area contributed by atoms with Crippen molar-refractivity contribution in [1.29, 1.82) is 0 Å². The van der Waals surface area contributed by atoms with E-state index in [0.717, 1.165) is 11.3 Å². The Labute approximate surface area is 132 Å². The molecule has 0 radical (unpaired) electrons. The first-order valence-corrected chi connectivity index (χ1v) is 7.01. The van der Waals surface area contributed by atoms with Gasteiger partial charge in [0, 0.05) is 11.3 Å². The number of carbonyl (C=O) groups is 1. The highest BCUT2D eigenvalue weighted by atomic mass is 19.1. The number of carbonyl (C=O) groups excluding carboxylic acids is 1. The smallest absolute Gasteiger partial charge is 0.248 e. The van der Waals surface area contributed by atoms with Crippen LogP contribution in [-0.4, -0.2) is 26.1 Å². The number of amides is 1. The quantitative estimate of drug-likeness (QED) is 0.803. The van der Waals surface area contributed by atoms with Crippen molar-refractivity contribution in [3.63, 3.8) is 0 Å². The van der Waals surface area contributed by atoms with Gasteiger partial charge in [0.2, 0.25) is 11.7 Å². The second kappa shape index (κ2) is 6.35. The van der Waals surface area contributed by atoms with Crippen LogP contribution >= 0.6 is 0 Å². The number of hydrogen-bond donors (Lipinski definition) is 1. The summed E-state index contributed by atoms with van der Waals surface area (Å²) in [6.45, 7) is 1.86. The molecule has 3 rings (SSSR count). The number of benzene rings is 2. The molecule has 1 aromatic heterocycles. The van der Waals surface area contributed by atoms with Gasteiger partial charge in [-0.3, -0.25) is 4.79 Å². The molecule has 0 atom stereocenters. The van der Waals surface area contributed by atoms with Crippen molar-refractivity contribution in [2.24, 2.45) is 0 Å². The number of hydrogen-bond acceptors (Lipinski definition) is 4. The summed E-state index contributed by atoms with van der Waals surface area (Å²) in [6, 6.07) is 13.2. The van der Waals surface area contributed by atoms with E-state index in [1.54, 1.807) is 12.1 Å². The van der Waals surface area contributed by atoms with E-state index in [0.29, 0.717) is 11.4 Å². The van der Waals surface area contributed by atoms with Crippen LogP contribution in [0.25, 0.3) is 11.4 Å². The Morgan fingerprint density at radius 1 is 1.17 bits per heavy atom. The van der Waals surface area contributed by atoms with Gasteiger partial charge in [0.1, 0.15) is 12.4 Å². The standard InChI is InChI=1S/C16H14FN5O/c1-11-4-2-3-5-14(11)18-15(23)10-22-20-16(19-21-22)12-6-8-13(17)9-7-12/h2-9H,10H2,1H3,(H,18,23). The molecule has 1 heterocycles. The third-order valence-corrected chi connectivity index (χ3v) is 3.26. The van der Waals surface area contributed by atoms with Crippen LogP contribution in [0.1, 0.15) is 5.56 Å². The summed E-state index contributed by atoms with van der Waals surface area (Å²) in [7, 11) is 0. The lowest BCUT2D eigenvalue weighted by Crippen LogP contribution is -2.20. The van der Waals surface area contributed by atoms with Gasteiger partial charge in [-0.05, 0) is 48.0 Å². The second-order valence-electron chi connectivity index (χ2n) is 5.01. The molecule has 6 nitrogen and oxygen atoms in total. The van der Waals surface area contributed by atoms with E-state index < -0.39 is 0 Å². The summed E-state index contributed by atoms with van der Waals surface area (Å²) in [5.74, 6) is -0.241. The third kappa shape index (κ3) is 3.57. The number of tetrazole rings is 1. The van der Waals surface area contributed by atoms with Gasteiger partial charge in [0.05, 0.1) is 0 Å². The van der Waals surface area contributed by atoms with Crippen molar-refractivity contribution in [2.75, 3.05) is 5.32 Å². The Balaban J connectivity index is 1.68. The van der Waals surface area contributed by atoms with E-state index in [4.69, 9.17) is 0 Å². The zero-order valence-electron chi connectivity index (χ0n) is 12.4. The first-order valence-electron chi connectivity index (χ1n) is 7.01. The summed E-state index contributed by atoms with van der Waals surface area (Å²) >= 11 is 0. The maximum absolute atomic E-state index is 12.9. The monoisotopic (exact) mass is 311 g/mol. The van der Waals surface area contributed by atoms with Crippen LogP contribution < -0.4 is 5.32 Å². The topological polar surface area (TPSA) is 72.7 Å². The van der Waals surface area contributed by atoms with Crippen LogP contribution in [0.2, 0.25) is 0 Å². The molecule has 0 fully saturated rings. The first-order chi connectivity index (χ1) is 11.1. The average Bonchev–Trinajstić information content (AvgIpc) is 2.98. The fraction of sp³-hybridized carbons (Fsp3) is 0.125. The lowest BCUT2D eigenvalue weighted by Gasteiger charge is -2.06. The Morgan fingerprint density at radius 3 is 2.65 bits per heavy atom. The minimum absolute atomic E-state index is 0.0530. The van der Waals surface area contributed by atoms with Crippen LogP contribution in [0.4, 0.5) is 10.1 Å². The van der Waals surface area contributed by atoms with Crippen molar-refractivity contribution in [1.82, 2.24) is 20.2 Å². The number of aryl methyl sites for hydroxylation is 1. The van der Waals surface area contributed by atoms with Crippen molar-refractivity contribution in [3.8, 4) is 11.4 Å². The van der Waals surface area contributed by atoms with Crippen LogP contribution in [0, 0.1) is 12.7 Å². The highest BCUT2D eigenvalue weighted by Crippen LogP contribution is 2.14. The number of anilines is 1. The van der Waals surface area contributed by atoms with E-state index in [1.165, 1.54) is 16.9 Å². The number of halogens is 1. The fourth-order valence-corrected chi connectivity index (χ4v) is 2.06. The zero-order valence-corrected chi connectivity index (χ0v) is 12.4. The summed E-state index contributed by atoms with van der Waals surface area (Å²) in [4.78, 5) is 13.2. The molecule has 0 aliphatic heterocycles. The summed E-state index contributed by atoms with van der Waals surface area (Å²) < 4.78 is 12.9. The predicted molar refractivity (Wildman–Crippen MR) is 83.0 cm³/mol. The maximum Gasteiger partial charge on any atom is 0.248 e. The van der Waals surface area contributed by atoms with Gasteiger partial charge in [0.15, 0.2) is 0 Å². The largest absolute Gasteiger partial charge is 0.324 e. The van der Waals surface area contributed by atoms with Gasteiger partial charge >= 0.3 is 0 Å². The van der Waals surface area contributed by atoms with Crippen LogP contribution in [-0.2, 0) is 11.3 Å². The fourth-order valence-electron chi connectivity index (χ4n) is 2.06. The first kappa shape index (κ1) is 14.8. The second-order valence-corrected chi connectivity index (χ2v) is 5.01. The normalized spacial score (nSPS) is 10.5. The molecule has 3 aromatic rings. The van der Waals surface area contributed by atoms with Crippen molar-refractivity contribution >= 4 is 11.6 Å². The summed E-state index contributed by atoms with van der Waals surface area (Å²) in [5, 5.41) is 14.6. The van der Waals surface area contributed by atoms with Gasteiger partial charge in [-0.1, -0.05) is 18.2 Å². The van der Waals surface area contributed by atoms with Crippen LogP contribution in [0.3, 0.4) is 0 Å². The van der Waals surface area contributed by atoms with Gasteiger partial charge in [-0.2, -0.15) is 4.80 Å². The molecule has 0 aliphatic carbocycles. The minimum atomic E-state index is -0.334. The molecule has 0 saturated heterocycles. The Bertz CT molecular complexity index is 828. The third-order valence-electron chi connectivity index (χ3n) is 3.26. The number of nitrogens with zero attached hydrogens (tertiary/aromatic N) is 4. The van der Waals surface area contributed by atoms with Crippen molar-refractivity contribution in [2.45, 2.75) is 13.5 Å². The van der Waals surface area contributed by atoms with Gasteiger partial charge < -0.3 is 5.32 Å². The number of para-hydroxylation sites is 1. The lowest BCUT2D eigenvalue weighted by molar-refractivity contribution is -0.117. The zero-order chi connectivity index (χ0) is 16.2. The molecule has 1 amide bonds. The predicted octanol–water partition coefficient (Wildman–Crippen LogP) is 2.43. The van der Waals surface area contributed by atoms with E-state index in [2.05, 4.69) is 20.7 Å². The van der Waals surface area contributed by atoms with E-state index in [9.17, 15) is 9.18 Å². The molecule has 0 aliphatic rings. The van der Waals surface area contributed by atoms with E-state index >= 15 is 0 Å².